The molecule has 0 spiro atoms. The van der Waals surface area contributed by atoms with Gasteiger partial charge in [-0.3, -0.25) is 0 Å². The third-order valence-electron chi connectivity index (χ3n) is 3.42. The molecular formula is C16H17BrFNO2. The highest BCUT2D eigenvalue weighted by Crippen LogP contribution is 2.36. The van der Waals surface area contributed by atoms with Gasteiger partial charge >= 0.3 is 0 Å². The minimum absolute atomic E-state index is 0.332. The lowest BCUT2D eigenvalue weighted by Crippen LogP contribution is -2.14. The Morgan fingerprint density at radius 1 is 1.10 bits per heavy atom. The molecule has 2 aromatic carbocycles. The monoisotopic (exact) mass is 353 g/mol. The number of nitrogens with two attached hydrogens (primary N) is 1. The highest BCUT2D eigenvalue weighted by Gasteiger charge is 2.19. The Bertz CT molecular complexity index is 661. The van der Waals surface area contributed by atoms with Gasteiger partial charge in [0.05, 0.1) is 24.7 Å². The van der Waals surface area contributed by atoms with Crippen molar-refractivity contribution in [2.75, 3.05) is 14.2 Å². The highest BCUT2D eigenvalue weighted by atomic mass is 79.9. The quantitative estimate of drug-likeness (QED) is 0.904. The Hall–Kier alpha value is -1.59. The van der Waals surface area contributed by atoms with Gasteiger partial charge in [0, 0.05) is 0 Å². The summed E-state index contributed by atoms with van der Waals surface area (Å²) in [6.45, 7) is 1.93. The van der Waals surface area contributed by atoms with E-state index in [2.05, 4.69) is 15.9 Å². The van der Waals surface area contributed by atoms with Crippen molar-refractivity contribution in [1.82, 2.24) is 0 Å². The average molecular weight is 354 g/mol. The third kappa shape index (κ3) is 3.04. The maximum atomic E-state index is 13.7. The summed E-state index contributed by atoms with van der Waals surface area (Å²) in [7, 11) is 3.15. The molecule has 1 atom stereocenters. The second kappa shape index (κ2) is 6.45. The molecule has 2 aromatic rings. The molecule has 0 fully saturated rings. The third-order valence-corrected chi connectivity index (χ3v) is 4.26. The number of halogens is 2. The molecule has 3 nitrogen and oxygen atoms in total. The Kier molecular flexibility index (Phi) is 4.85. The minimum atomic E-state index is -0.463. The average Bonchev–Trinajstić information content (AvgIpc) is 2.49. The molecule has 0 saturated carbocycles. The van der Waals surface area contributed by atoms with Crippen LogP contribution in [-0.4, -0.2) is 14.2 Å². The van der Waals surface area contributed by atoms with Crippen LogP contribution in [-0.2, 0) is 0 Å². The lowest BCUT2D eigenvalue weighted by atomic mass is 9.95. The van der Waals surface area contributed by atoms with Crippen LogP contribution in [0.4, 0.5) is 4.39 Å². The summed E-state index contributed by atoms with van der Waals surface area (Å²) in [5, 5.41) is 0. The minimum Gasteiger partial charge on any atom is -0.493 e. The molecule has 2 rings (SSSR count). The van der Waals surface area contributed by atoms with Crippen molar-refractivity contribution in [2.24, 2.45) is 5.73 Å². The van der Waals surface area contributed by atoms with Gasteiger partial charge < -0.3 is 15.2 Å². The standard InChI is InChI=1S/C16H17BrFNO2/c1-9-7-13(20-2)14(21-3)8-11(9)16(19)10-5-4-6-12(18)15(10)17/h4-8,16H,19H2,1-3H3. The fraction of sp³-hybridized carbons (Fsp3) is 0.250. The summed E-state index contributed by atoms with van der Waals surface area (Å²) in [5.41, 5.74) is 8.81. The first-order valence-electron chi connectivity index (χ1n) is 6.41. The van der Waals surface area contributed by atoms with Crippen LogP contribution in [0.3, 0.4) is 0 Å². The topological polar surface area (TPSA) is 44.5 Å². The molecule has 0 radical (unpaired) electrons. The summed E-state index contributed by atoms with van der Waals surface area (Å²) in [4.78, 5) is 0. The number of hydrogen-bond acceptors (Lipinski definition) is 3. The lowest BCUT2D eigenvalue weighted by molar-refractivity contribution is 0.354. The second-order valence-corrected chi connectivity index (χ2v) is 5.48. The SMILES string of the molecule is COc1cc(C)c(C(N)c2cccc(F)c2Br)cc1OC. The van der Waals surface area contributed by atoms with Gasteiger partial charge in [-0.05, 0) is 57.7 Å². The van der Waals surface area contributed by atoms with E-state index in [-0.39, 0.29) is 5.82 Å². The molecule has 0 aromatic heterocycles. The van der Waals surface area contributed by atoms with Crippen LogP contribution in [0, 0.1) is 12.7 Å². The molecule has 0 amide bonds. The van der Waals surface area contributed by atoms with E-state index in [4.69, 9.17) is 15.2 Å². The summed E-state index contributed by atoms with van der Waals surface area (Å²) >= 11 is 3.26. The number of hydrogen-bond donors (Lipinski definition) is 1. The van der Waals surface area contributed by atoms with Crippen molar-refractivity contribution in [2.45, 2.75) is 13.0 Å². The zero-order chi connectivity index (χ0) is 15.6. The number of ether oxygens (including phenoxy) is 2. The Labute approximate surface area is 132 Å². The van der Waals surface area contributed by atoms with Crippen LogP contribution in [0.5, 0.6) is 11.5 Å². The summed E-state index contributed by atoms with van der Waals surface area (Å²) in [6.07, 6.45) is 0. The van der Waals surface area contributed by atoms with E-state index < -0.39 is 6.04 Å². The number of benzene rings is 2. The molecule has 112 valence electrons. The maximum Gasteiger partial charge on any atom is 0.161 e. The normalized spacial score (nSPS) is 12.1. The molecule has 2 N–H and O–H groups in total. The van der Waals surface area contributed by atoms with E-state index in [0.29, 0.717) is 21.5 Å². The first kappa shape index (κ1) is 15.8. The number of rotatable bonds is 4. The zero-order valence-corrected chi connectivity index (χ0v) is 13.7. The highest BCUT2D eigenvalue weighted by molar-refractivity contribution is 9.10. The molecule has 5 heteroatoms. The first-order valence-corrected chi connectivity index (χ1v) is 7.21. The van der Waals surface area contributed by atoms with Crippen molar-refractivity contribution in [3.05, 3.63) is 57.3 Å². The predicted molar refractivity (Wildman–Crippen MR) is 84.4 cm³/mol. The maximum absolute atomic E-state index is 13.7. The zero-order valence-electron chi connectivity index (χ0n) is 12.1. The molecule has 0 saturated heterocycles. The molecule has 0 bridgehead atoms. The molecular weight excluding hydrogens is 337 g/mol. The van der Waals surface area contributed by atoms with Gasteiger partial charge in [0.25, 0.3) is 0 Å². The van der Waals surface area contributed by atoms with Crippen molar-refractivity contribution < 1.29 is 13.9 Å². The summed E-state index contributed by atoms with van der Waals surface area (Å²) < 4.78 is 24.6. The van der Waals surface area contributed by atoms with Gasteiger partial charge in [-0.25, -0.2) is 4.39 Å². The molecule has 0 aliphatic heterocycles. The second-order valence-electron chi connectivity index (χ2n) is 4.68. The van der Waals surface area contributed by atoms with E-state index >= 15 is 0 Å². The molecule has 0 aliphatic rings. The van der Waals surface area contributed by atoms with Crippen molar-refractivity contribution in [3.8, 4) is 11.5 Å². The van der Waals surface area contributed by atoms with E-state index in [0.717, 1.165) is 11.1 Å². The van der Waals surface area contributed by atoms with Gasteiger partial charge in [0.15, 0.2) is 11.5 Å². The van der Waals surface area contributed by atoms with Gasteiger partial charge in [-0.2, -0.15) is 0 Å². The van der Waals surface area contributed by atoms with E-state index in [1.807, 2.05) is 19.1 Å². The van der Waals surface area contributed by atoms with Gasteiger partial charge in [0.2, 0.25) is 0 Å². The van der Waals surface area contributed by atoms with Crippen molar-refractivity contribution in [3.63, 3.8) is 0 Å². The lowest BCUT2D eigenvalue weighted by Gasteiger charge is -2.19. The smallest absolute Gasteiger partial charge is 0.161 e. The summed E-state index contributed by atoms with van der Waals surface area (Å²) in [6, 6.07) is 8.06. The van der Waals surface area contributed by atoms with Crippen LogP contribution < -0.4 is 15.2 Å². The van der Waals surface area contributed by atoms with Crippen molar-refractivity contribution in [1.29, 1.82) is 0 Å². The van der Waals surface area contributed by atoms with Crippen LogP contribution in [0.1, 0.15) is 22.7 Å². The predicted octanol–water partition coefficient (Wildman–Crippen LogP) is 3.96. The Morgan fingerprint density at radius 3 is 2.33 bits per heavy atom. The van der Waals surface area contributed by atoms with E-state index in [1.54, 1.807) is 26.4 Å². The largest absolute Gasteiger partial charge is 0.493 e. The number of aryl methyl sites for hydroxylation is 1. The fourth-order valence-corrected chi connectivity index (χ4v) is 2.77. The van der Waals surface area contributed by atoms with Gasteiger partial charge in [-0.1, -0.05) is 12.1 Å². The van der Waals surface area contributed by atoms with Crippen LogP contribution >= 0.6 is 15.9 Å². The first-order chi connectivity index (χ1) is 9.99. The molecule has 1 unspecified atom stereocenters. The van der Waals surface area contributed by atoms with Crippen LogP contribution in [0.25, 0.3) is 0 Å². The van der Waals surface area contributed by atoms with E-state index in [1.165, 1.54) is 6.07 Å². The number of methoxy groups -OCH3 is 2. The molecule has 21 heavy (non-hydrogen) atoms. The van der Waals surface area contributed by atoms with E-state index in [9.17, 15) is 4.39 Å². The van der Waals surface area contributed by atoms with Crippen LogP contribution in [0.15, 0.2) is 34.8 Å². The summed E-state index contributed by atoms with van der Waals surface area (Å²) in [5.74, 6) is 0.909. The van der Waals surface area contributed by atoms with Gasteiger partial charge in [0.1, 0.15) is 5.82 Å². The molecule has 0 aliphatic carbocycles. The van der Waals surface area contributed by atoms with Crippen molar-refractivity contribution >= 4 is 15.9 Å². The Balaban J connectivity index is 2.53. The van der Waals surface area contributed by atoms with Crippen LogP contribution in [0.2, 0.25) is 0 Å². The fourth-order valence-electron chi connectivity index (χ4n) is 2.26. The Morgan fingerprint density at radius 2 is 1.71 bits per heavy atom. The van der Waals surface area contributed by atoms with Gasteiger partial charge in [-0.15, -0.1) is 0 Å². The molecule has 0 heterocycles.